The number of fused-ring (bicyclic) bond motifs is 1. The predicted molar refractivity (Wildman–Crippen MR) is 98.4 cm³/mol. The molecule has 0 bridgehead atoms. The van der Waals surface area contributed by atoms with Gasteiger partial charge in [0, 0.05) is 12.7 Å². The van der Waals surface area contributed by atoms with Gasteiger partial charge in [0.15, 0.2) is 0 Å². The Morgan fingerprint density at radius 3 is 2.72 bits per heavy atom. The molecule has 5 nitrogen and oxygen atoms in total. The highest BCUT2D eigenvalue weighted by Crippen LogP contribution is 2.32. The van der Waals surface area contributed by atoms with Crippen molar-refractivity contribution in [3.63, 3.8) is 0 Å². The van der Waals surface area contributed by atoms with Crippen LogP contribution in [0.5, 0.6) is 11.5 Å². The number of ether oxygens (including phenoxy) is 1. The molecule has 1 aromatic carbocycles. The Kier molecular flexibility index (Phi) is 5.11. The van der Waals surface area contributed by atoms with Gasteiger partial charge < -0.3 is 4.74 Å². The van der Waals surface area contributed by atoms with Crippen molar-refractivity contribution >= 4 is 10.0 Å². The van der Waals surface area contributed by atoms with Gasteiger partial charge in [-0.2, -0.15) is 0 Å². The SMILES string of the molecule is Cc1ncccc1Oc1ccc2c(c1)C[C@@H](CNS(=O)(=O)C(C)C)C2. The summed E-state index contributed by atoms with van der Waals surface area (Å²) in [5, 5.41) is -0.404. The van der Waals surface area contributed by atoms with E-state index in [9.17, 15) is 8.42 Å². The number of hydrogen-bond acceptors (Lipinski definition) is 4. The van der Waals surface area contributed by atoms with Gasteiger partial charge in [0.2, 0.25) is 10.0 Å². The maximum atomic E-state index is 11.9. The molecule has 134 valence electrons. The lowest BCUT2D eigenvalue weighted by Crippen LogP contribution is -2.34. The van der Waals surface area contributed by atoms with E-state index in [0.29, 0.717) is 12.5 Å². The van der Waals surface area contributed by atoms with E-state index in [4.69, 9.17) is 4.74 Å². The predicted octanol–water partition coefficient (Wildman–Crippen LogP) is 3.22. The van der Waals surface area contributed by atoms with E-state index >= 15 is 0 Å². The molecule has 0 spiro atoms. The quantitative estimate of drug-likeness (QED) is 0.859. The highest BCUT2D eigenvalue weighted by molar-refractivity contribution is 7.90. The van der Waals surface area contributed by atoms with E-state index in [0.717, 1.165) is 30.0 Å². The van der Waals surface area contributed by atoms with E-state index in [2.05, 4.69) is 21.8 Å². The van der Waals surface area contributed by atoms with Crippen molar-refractivity contribution in [1.29, 1.82) is 0 Å². The number of aromatic nitrogens is 1. The Morgan fingerprint density at radius 2 is 2.00 bits per heavy atom. The van der Waals surface area contributed by atoms with Crippen LogP contribution in [-0.2, 0) is 22.9 Å². The van der Waals surface area contributed by atoms with Crippen LogP contribution >= 0.6 is 0 Å². The van der Waals surface area contributed by atoms with Crippen molar-refractivity contribution in [2.24, 2.45) is 5.92 Å². The van der Waals surface area contributed by atoms with Crippen LogP contribution in [-0.4, -0.2) is 25.2 Å². The van der Waals surface area contributed by atoms with Gasteiger partial charge in [0.25, 0.3) is 0 Å². The fraction of sp³-hybridized carbons (Fsp3) is 0.421. The van der Waals surface area contributed by atoms with Gasteiger partial charge >= 0.3 is 0 Å². The lowest BCUT2D eigenvalue weighted by molar-refractivity contribution is 0.475. The molecule has 0 amide bonds. The van der Waals surface area contributed by atoms with Crippen molar-refractivity contribution in [1.82, 2.24) is 9.71 Å². The second-order valence-electron chi connectivity index (χ2n) is 6.84. The molecule has 1 atom stereocenters. The molecule has 0 unspecified atom stereocenters. The molecule has 1 heterocycles. The fourth-order valence-corrected chi connectivity index (χ4v) is 3.80. The molecule has 0 saturated heterocycles. The first-order valence-electron chi connectivity index (χ1n) is 8.55. The third-order valence-corrected chi connectivity index (χ3v) is 6.39. The maximum absolute atomic E-state index is 11.9. The normalized spacial score (nSPS) is 16.9. The number of pyridine rings is 1. The lowest BCUT2D eigenvalue weighted by atomic mass is 10.1. The average Bonchev–Trinajstić information content (AvgIpc) is 2.97. The smallest absolute Gasteiger partial charge is 0.213 e. The molecule has 0 aliphatic heterocycles. The monoisotopic (exact) mass is 360 g/mol. The molecule has 1 aliphatic carbocycles. The summed E-state index contributed by atoms with van der Waals surface area (Å²) in [4.78, 5) is 4.23. The summed E-state index contributed by atoms with van der Waals surface area (Å²) in [5.41, 5.74) is 3.35. The van der Waals surface area contributed by atoms with Gasteiger partial charge in [0.05, 0.1) is 10.9 Å². The number of hydrogen-bond donors (Lipinski definition) is 1. The van der Waals surface area contributed by atoms with Gasteiger partial charge in [-0.15, -0.1) is 0 Å². The zero-order valence-electron chi connectivity index (χ0n) is 14.8. The van der Waals surface area contributed by atoms with Gasteiger partial charge in [-0.1, -0.05) is 6.07 Å². The summed E-state index contributed by atoms with van der Waals surface area (Å²) < 4.78 is 32.5. The third kappa shape index (κ3) is 4.19. The first kappa shape index (κ1) is 17.9. The molecule has 1 aliphatic rings. The van der Waals surface area contributed by atoms with Crippen LogP contribution in [0.3, 0.4) is 0 Å². The van der Waals surface area contributed by atoms with Crippen molar-refractivity contribution in [2.45, 2.75) is 38.9 Å². The Morgan fingerprint density at radius 1 is 1.24 bits per heavy atom. The van der Waals surface area contributed by atoms with Gasteiger partial charge in [-0.05, 0) is 74.9 Å². The molecular weight excluding hydrogens is 336 g/mol. The van der Waals surface area contributed by atoms with Crippen LogP contribution in [0.25, 0.3) is 0 Å². The first-order chi connectivity index (χ1) is 11.8. The molecule has 25 heavy (non-hydrogen) atoms. The van der Waals surface area contributed by atoms with Crippen molar-refractivity contribution < 1.29 is 13.2 Å². The minimum absolute atomic E-state index is 0.291. The number of nitrogens with one attached hydrogen (secondary N) is 1. The molecule has 3 rings (SSSR count). The second-order valence-corrected chi connectivity index (χ2v) is 9.16. The van der Waals surface area contributed by atoms with Crippen LogP contribution in [0.15, 0.2) is 36.5 Å². The molecule has 2 aromatic rings. The van der Waals surface area contributed by atoms with Gasteiger partial charge in [-0.25, -0.2) is 13.1 Å². The molecule has 0 saturated carbocycles. The average molecular weight is 360 g/mol. The third-order valence-electron chi connectivity index (χ3n) is 4.57. The molecule has 0 radical (unpaired) electrons. The summed E-state index contributed by atoms with van der Waals surface area (Å²) in [7, 11) is -3.21. The summed E-state index contributed by atoms with van der Waals surface area (Å²) in [6.07, 6.45) is 3.50. The van der Waals surface area contributed by atoms with Crippen LogP contribution in [0.1, 0.15) is 30.7 Å². The fourth-order valence-electron chi connectivity index (χ4n) is 3.00. The van der Waals surface area contributed by atoms with Crippen molar-refractivity contribution in [2.75, 3.05) is 6.54 Å². The highest BCUT2D eigenvalue weighted by Gasteiger charge is 2.24. The standard InChI is InChI=1S/C19H24N2O3S/c1-13(2)25(22,23)21-12-15-9-16-6-7-18(11-17(16)10-15)24-19-5-4-8-20-14(19)3/h4-8,11,13,15,21H,9-10,12H2,1-3H3/t15-/m0/s1. The van der Waals surface area contributed by atoms with E-state index in [1.165, 1.54) is 11.1 Å². The van der Waals surface area contributed by atoms with Gasteiger partial charge in [0.1, 0.15) is 11.5 Å². The van der Waals surface area contributed by atoms with E-state index < -0.39 is 15.3 Å². The van der Waals surface area contributed by atoms with Crippen LogP contribution in [0.2, 0.25) is 0 Å². The topological polar surface area (TPSA) is 68.3 Å². The minimum Gasteiger partial charge on any atom is -0.455 e. The van der Waals surface area contributed by atoms with Gasteiger partial charge in [-0.3, -0.25) is 4.98 Å². The van der Waals surface area contributed by atoms with Crippen LogP contribution < -0.4 is 9.46 Å². The number of aryl methyl sites for hydroxylation is 1. The summed E-state index contributed by atoms with van der Waals surface area (Å²) in [6, 6.07) is 9.85. The molecule has 1 aromatic heterocycles. The van der Waals surface area contributed by atoms with E-state index in [-0.39, 0.29) is 0 Å². The zero-order valence-corrected chi connectivity index (χ0v) is 15.6. The summed E-state index contributed by atoms with van der Waals surface area (Å²) in [5.74, 6) is 1.83. The van der Waals surface area contributed by atoms with Crippen molar-refractivity contribution in [3.8, 4) is 11.5 Å². The number of benzene rings is 1. The molecule has 1 N–H and O–H groups in total. The molecule has 6 heteroatoms. The Hall–Kier alpha value is -1.92. The number of nitrogens with zero attached hydrogens (tertiary/aromatic N) is 1. The second kappa shape index (κ2) is 7.14. The lowest BCUT2D eigenvalue weighted by Gasteiger charge is -2.13. The van der Waals surface area contributed by atoms with Crippen molar-refractivity contribution in [3.05, 3.63) is 53.3 Å². The van der Waals surface area contributed by atoms with E-state index in [1.807, 2.05) is 25.1 Å². The van der Waals surface area contributed by atoms with E-state index in [1.54, 1.807) is 20.0 Å². The molecular formula is C19H24N2O3S. The number of rotatable bonds is 6. The minimum atomic E-state index is -3.21. The Balaban J connectivity index is 1.66. The summed E-state index contributed by atoms with van der Waals surface area (Å²) >= 11 is 0. The maximum Gasteiger partial charge on any atom is 0.213 e. The Labute approximate surface area is 149 Å². The Bertz CT molecular complexity index is 863. The summed E-state index contributed by atoms with van der Waals surface area (Å²) in [6.45, 7) is 5.78. The zero-order chi connectivity index (χ0) is 18.0. The van der Waals surface area contributed by atoms with Crippen LogP contribution in [0.4, 0.5) is 0 Å². The van der Waals surface area contributed by atoms with Crippen LogP contribution in [0, 0.1) is 12.8 Å². The first-order valence-corrected chi connectivity index (χ1v) is 10.1. The largest absolute Gasteiger partial charge is 0.455 e. The highest BCUT2D eigenvalue weighted by atomic mass is 32.2. The number of sulfonamides is 1. The molecule has 0 fully saturated rings.